The van der Waals surface area contributed by atoms with E-state index in [1.165, 1.54) is 0 Å². The molecule has 1 aromatic heterocycles. The third-order valence-corrected chi connectivity index (χ3v) is 4.35. The van der Waals surface area contributed by atoms with Gasteiger partial charge in [0.1, 0.15) is 11.4 Å². The zero-order valence-corrected chi connectivity index (χ0v) is 14.5. The van der Waals surface area contributed by atoms with Gasteiger partial charge in [-0.15, -0.1) is 0 Å². The van der Waals surface area contributed by atoms with Crippen molar-refractivity contribution in [3.8, 4) is 17.0 Å². The first-order chi connectivity index (χ1) is 12.2. The molecular weight excluding hydrogens is 310 g/mol. The minimum atomic E-state index is 0.616. The lowest BCUT2D eigenvalue weighted by atomic mass is 9.97. The molecule has 2 N–H and O–H groups in total. The van der Waals surface area contributed by atoms with Gasteiger partial charge < -0.3 is 10.5 Å². The molecule has 25 heavy (non-hydrogen) atoms. The van der Waals surface area contributed by atoms with Crippen molar-refractivity contribution in [2.75, 3.05) is 7.11 Å². The van der Waals surface area contributed by atoms with E-state index in [-0.39, 0.29) is 0 Å². The molecule has 1 aliphatic carbocycles. The molecule has 0 fully saturated rings. The second-order valence-corrected chi connectivity index (χ2v) is 6.08. The highest BCUT2D eigenvalue weighted by molar-refractivity contribution is 5.85. The Bertz CT molecular complexity index is 822. The Labute approximate surface area is 148 Å². The first-order valence-electron chi connectivity index (χ1n) is 8.50. The molecule has 0 saturated carbocycles. The fourth-order valence-electron chi connectivity index (χ4n) is 2.90. The van der Waals surface area contributed by atoms with Crippen molar-refractivity contribution in [1.29, 1.82) is 0 Å². The van der Waals surface area contributed by atoms with Crippen LogP contribution in [0.5, 0.6) is 5.75 Å². The molecule has 0 amide bonds. The number of nitrogens with zero attached hydrogens (tertiary/aromatic N) is 2. The van der Waals surface area contributed by atoms with E-state index in [4.69, 9.17) is 15.5 Å². The molecule has 128 valence electrons. The topological polar surface area (TPSA) is 60.5 Å². The lowest BCUT2D eigenvalue weighted by molar-refractivity contribution is 0.414. The van der Waals surface area contributed by atoms with E-state index in [1.54, 1.807) is 7.11 Å². The second-order valence-electron chi connectivity index (χ2n) is 6.08. The summed E-state index contributed by atoms with van der Waals surface area (Å²) in [6, 6.07) is 13.7. The van der Waals surface area contributed by atoms with Crippen LogP contribution in [-0.4, -0.2) is 18.3 Å². The van der Waals surface area contributed by atoms with Crippen LogP contribution in [-0.2, 0) is 0 Å². The summed E-state index contributed by atoms with van der Waals surface area (Å²) in [6.45, 7) is 4.06. The van der Waals surface area contributed by atoms with Crippen molar-refractivity contribution in [3.05, 3.63) is 66.0 Å². The molecule has 0 spiro atoms. The Morgan fingerprint density at radius 1 is 1.16 bits per heavy atom. The number of hydrogen-bond donors (Lipinski definition) is 1. The van der Waals surface area contributed by atoms with Gasteiger partial charge in [-0.3, -0.25) is 4.99 Å². The number of hydrogen-bond acceptors (Lipinski definition) is 4. The quantitative estimate of drug-likeness (QED) is 0.814. The molecule has 0 bridgehead atoms. The third-order valence-electron chi connectivity index (χ3n) is 4.35. The monoisotopic (exact) mass is 333 g/mol. The van der Waals surface area contributed by atoms with Gasteiger partial charge in [0.2, 0.25) is 0 Å². The van der Waals surface area contributed by atoms with Crippen LogP contribution < -0.4 is 10.5 Å². The van der Waals surface area contributed by atoms with Crippen LogP contribution >= 0.6 is 0 Å². The molecular formula is C21H23N3O. The number of rotatable bonds is 5. The summed E-state index contributed by atoms with van der Waals surface area (Å²) in [6.07, 6.45) is 6.09. The number of pyridine rings is 1. The van der Waals surface area contributed by atoms with E-state index in [2.05, 4.69) is 11.6 Å². The predicted octanol–water partition coefficient (Wildman–Crippen LogP) is 4.59. The van der Waals surface area contributed by atoms with E-state index >= 15 is 0 Å². The van der Waals surface area contributed by atoms with Gasteiger partial charge >= 0.3 is 0 Å². The molecule has 2 aromatic rings. The summed E-state index contributed by atoms with van der Waals surface area (Å²) in [5.74, 6) is 0.728. The first kappa shape index (κ1) is 17.0. The van der Waals surface area contributed by atoms with E-state index in [0.29, 0.717) is 5.70 Å². The maximum Gasteiger partial charge on any atom is 0.145 e. The van der Waals surface area contributed by atoms with Crippen LogP contribution in [0.25, 0.3) is 17.0 Å². The number of ether oxygens (including phenoxy) is 1. The Morgan fingerprint density at radius 3 is 2.64 bits per heavy atom. The minimum absolute atomic E-state index is 0.616. The highest BCUT2D eigenvalue weighted by Crippen LogP contribution is 2.29. The normalized spacial score (nSPS) is 14.8. The van der Waals surface area contributed by atoms with Gasteiger partial charge in [-0.1, -0.05) is 36.9 Å². The number of aliphatic imine (C=N–C) groups is 1. The number of aromatic nitrogens is 1. The van der Waals surface area contributed by atoms with Crippen LogP contribution in [0.1, 0.15) is 31.4 Å². The van der Waals surface area contributed by atoms with Crippen molar-refractivity contribution in [2.24, 2.45) is 10.7 Å². The Kier molecular flexibility index (Phi) is 5.29. The Hall–Kier alpha value is -2.88. The third kappa shape index (κ3) is 3.97. The summed E-state index contributed by atoms with van der Waals surface area (Å²) in [5.41, 5.74) is 11.3. The van der Waals surface area contributed by atoms with E-state index in [0.717, 1.165) is 59.7 Å². The largest absolute Gasteiger partial charge is 0.494 e. The predicted molar refractivity (Wildman–Crippen MR) is 103 cm³/mol. The highest BCUT2D eigenvalue weighted by Gasteiger charge is 2.11. The molecule has 0 saturated heterocycles. The number of benzene rings is 1. The number of nitrogens with two attached hydrogens (primary N) is 1. The zero-order valence-electron chi connectivity index (χ0n) is 14.5. The average Bonchev–Trinajstić information content (AvgIpc) is 2.67. The molecule has 4 heteroatoms. The fraction of sp³-hybridized carbons (Fsp3) is 0.238. The zero-order chi connectivity index (χ0) is 17.6. The fourth-order valence-corrected chi connectivity index (χ4v) is 2.90. The first-order valence-corrected chi connectivity index (χ1v) is 8.50. The van der Waals surface area contributed by atoms with E-state index in [1.807, 2.05) is 48.7 Å². The van der Waals surface area contributed by atoms with E-state index in [9.17, 15) is 0 Å². The maximum absolute atomic E-state index is 6.07. The summed E-state index contributed by atoms with van der Waals surface area (Å²) in [5, 5.41) is 0. The average molecular weight is 333 g/mol. The molecule has 0 unspecified atom stereocenters. The van der Waals surface area contributed by atoms with Crippen molar-refractivity contribution >= 4 is 11.9 Å². The molecule has 4 nitrogen and oxygen atoms in total. The molecule has 0 radical (unpaired) electrons. The van der Waals surface area contributed by atoms with Gasteiger partial charge in [-0.05, 0) is 43.4 Å². The lowest BCUT2D eigenvalue weighted by Gasteiger charge is -2.14. The van der Waals surface area contributed by atoms with Gasteiger partial charge in [0, 0.05) is 17.5 Å². The summed E-state index contributed by atoms with van der Waals surface area (Å²) >= 11 is 0. The molecule has 1 heterocycles. The minimum Gasteiger partial charge on any atom is -0.494 e. The van der Waals surface area contributed by atoms with Crippen LogP contribution in [0.15, 0.2) is 65.3 Å². The lowest BCUT2D eigenvalue weighted by Crippen LogP contribution is -2.08. The van der Waals surface area contributed by atoms with Gasteiger partial charge in [-0.25, -0.2) is 4.98 Å². The van der Waals surface area contributed by atoms with Crippen molar-refractivity contribution < 1.29 is 4.74 Å². The van der Waals surface area contributed by atoms with Crippen LogP contribution in [0.2, 0.25) is 0 Å². The summed E-state index contributed by atoms with van der Waals surface area (Å²) in [7, 11) is 1.65. The Morgan fingerprint density at radius 2 is 1.92 bits per heavy atom. The van der Waals surface area contributed by atoms with Crippen molar-refractivity contribution in [3.63, 3.8) is 0 Å². The van der Waals surface area contributed by atoms with Gasteiger partial charge in [0.05, 0.1) is 18.5 Å². The van der Waals surface area contributed by atoms with Gasteiger partial charge in [0.25, 0.3) is 0 Å². The van der Waals surface area contributed by atoms with Crippen molar-refractivity contribution in [1.82, 2.24) is 4.98 Å². The smallest absolute Gasteiger partial charge is 0.145 e. The van der Waals surface area contributed by atoms with Crippen LogP contribution in [0.4, 0.5) is 0 Å². The standard InChI is InChI=1S/C21H23N3O/c1-15(23-14-17-10-6-7-11-18(17)22)19-12-13-20(25-2)21(24-19)16-8-4-3-5-9-16/h3-5,8-9,12-14H,1,6-7,10-11,22H2,2H3/b23-14-. The summed E-state index contributed by atoms with van der Waals surface area (Å²) in [4.78, 5) is 9.21. The molecule has 3 rings (SSSR count). The maximum atomic E-state index is 6.07. The van der Waals surface area contributed by atoms with Crippen molar-refractivity contribution in [2.45, 2.75) is 25.7 Å². The van der Waals surface area contributed by atoms with E-state index < -0.39 is 0 Å². The van der Waals surface area contributed by atoms with Gasteiger partial charge in [-0.2, -0.15) is 0 Å². The number of allylic oxidation sites excluding steroid dienone is 2. The Balaban J connectivity index is 1.89. The van der Waals surface area contributed by atoms with Crippen LogP contribution in [0, 0.1) is 0 Å². The molecule has 0 aliphatic heterocycles. The SMILES string of the molecule is C=C(/N=C\C1=C(N)CCCC1)c1ccc(OC)c(-c2ccccc2)n1. The molecule has 1 aromatic carbocycles. The molecule has 1 aliphatic rings. The second kappa shape index (κ2) is 7.79. The molecule has 0 atom stereocenters. The summed E-state index contributed by atoms with van der Waals surface area (Å²) < 4.78 is 5.45. The van der Waals surface area contributed by atoms with Crippen LogP contribution in [0.3, 0.4) is 0 Å². The number of methoxy groups -OCH3 is 1. The van der Waals surface area contributed by atoms with Gasteiger partial charge in [0.15, 0.2) is 0 Å². The highest BCUT2D eigenvalue weighted by atomic mass is 16.5.